The third kappa shape index (κ3) is 5.15. The number of carbonyl (C=O) groups is 2. The molecule has 8 nitrogen and oxygen atoms in total. The van der Waals surface area contributed by atoms with E-state index in [-0.39, 0.29) is 39.6 Å². The predicted molar refractivity (Wildman–Crippen MR) is 143 cm³/mol. The number of ether oxygens (including phenoxy) is 1. The number of hydrogen-bond acceptors (Lipinski definition) is 5. The first-order valence-corrected chi connectivity index (χ1v) is 13.4. The molecule has 212 valence electrons. The number of piperidine rings is 1. The van der Waals surface area contributed by atoms with Crippen LogP contribution in [0.4, 0.5) is 13.2 Å². The van der Waals surface area contributed by atoms with E-state index in [2.05, 4.69) is 15.0 Å². The number of amides is 2. The van der Waals surface area contributed by atoms with Gasteiger partial charge in [0.05, 0.1) is 29.6 Å². The van der Waals surface area contributed by atoms with Crippen LogP contribution in [0.5, 0.6) is 5.75 Å². The molecule has 0 saturated carbocycles. The summed E-state index contributed by atoms with van der Waals surface area (Å²) in [5.41, 5.74) is 0.459. The van der Waals surface area contributed by atoms with Gasteiger partial charge in [0, 0.05) is 43.3 Å². The molecule has 2 aromatic carbocycles. The Balaban J connectivity index is 1.35. The average molecular weight is 576 g/mol. The van der Waals surface area contributed by atoms with Crippen LogP contribution in [0.1, 0.15) is 29.0 Å². The van der Waals surface area contributed by atoms with E-state index in [0.29, 0.717) is 37.7 Å². The lowest BCUT2D eigenvalue weighted by Crippen LogP contribution is -2.52. The topological polar surface area (TPSA) is 79.7 Å². The number of hydrogen-bond donors (Lipinski definition) is 1. The summed E-state index contributed by atoms with van der Waals surface area (Å²) in [4.78, 5) is 33.8. The Morgan fingerprint density at radius 3 is 2.35 bits per heavy atom. The second-order valence-corrected chi connectivity index (χ2v) is 10.3. The van der Waals surface area contributed by atoms with Crippen LogP contribution in [-0.2, 0) is 4.79 Å². The Hall–Kier alpha value is -3.57. The van der Waals surface area contributed by atoms with Crippen LogP contribution in [0.2, 0.25) is 5.02 Å². The zero-order valence-electron chi connectivity index (χ0n) is 22.1. The quantitative estimate of drug-likeness (QED) is 0.461. The number of halogens is 4. The highest BCUT2D eigenvalue weighted by atomic mass is 35.5. The first-order valence-electron chi connectivity index (χ1n) is 13.1. The summed E-state index contributed by atoms with van der Waals surface area (Å²) in [5.74, 6) is -4.27. The van der Waals surface area contributed by atoms with Crippen molar-refractivity contribution in [2.24, 2.45) is 5.92 Å². The van der Waals surface area contributed by atoms with Crippen molar-refractivity contribution in [3.05, 3.63) is 64.3 Å². The van der Waals surface area contributed by atoms with Crippen molar-refractivity contribution >= 4 is 23.4 Å². The normalized spacial score (nSPS) is 16.4. The van der Waals surface area contributed by atoms with Gasteiger partial charge < -0.3 is 19.9 Å². The Kier molecular flexibility index (Phi) is 8.04. The lowest BCUT2D eigenvalue weighted by atomic mass is 9.96. The standard InChI is InChI=1S/C28H29ClF3N5O3/c1-16-34-15-23(20-14-22(30)26(40-2)25(32)24(20)31)37(16)18-3-4-19(21(29)13-18)28(39)36-11-9-35(10-12-36)27(38)17-5-7-33-8-6-17/h3-4,13-15,17,33H,5-12H2,1-2H3. The molecule has 3 heterocycles. The summed E-state index contributed by atoms with van der Waals surface area (Å²) in [5, 5.41) is 3.42. The van der Waals surface area contributed by atoms with Gasteiger partial charge in [-0.2, -0.15) is 4.39 Å². The van der Waals surface area contributed by atoms with Gasteiger partial charge in [0.2, 0.25) is 11.7 Å². The molecule has 40 heavy (non-hydrogen) atoms. The first kappa shape index (κ1) is 28.0. The second-order valence-electron chi connectivity index (χ2n) is 9.90. The van der Waals surface area contributed by atoms with E-state index in [0.717, 1.165) is 39.1 Å². The van der Waals surface area contributed by atoms with Gasteiger partial charge in [-0.1, -0.05) is 11.6 Å². The van der Waals surface area contributed by atoms with E-state index >= 15 is 0 Å². The molecule has 0 radical (unpaired) electrons. The van der Waals surface area contributed by atoms with Crippen LogP contribution in [0.15, 0.2) is 30.5 Å². The smallest absolute Gasteiger partial charge is 0.255 e. The molecular formula is C28H29ClF3N5O3. The van der Waals surface area contributed by atoms with Gasteiger partial charge in [0.25, 0.3) is 5.91 Å². The van der Waals surface area contributed by atoms with E-state index in [1.165, 1.54) is 16.8 Å². The summed E-state index contributed by atoms with van der Waals surface area (Å²) in [6.07, 6.45) is 2.96. The van der Waals surface area contributed by atoms with Crippen molar-refractivity contribution in [2.75, 3.05) is 46.4 Å². The largest absolute Gasteiger partial charge is 0.491 e. The number of carbonyl (C=O) groups excluding carboxylic acids is 2. The van der Waals surface area contributed by atoms with Crippen molar-refractivity contribution < 1.29 is 27.5 Å². The van der Waals surface area contributed by atoms with E-state index in [1.54, 1.807) is 24.0 Å². The maximum absolute atomic E-state index is 14.9. The highest BCUT2D eigenvalue weighted by Crippen LogP contribution is 2.35. The maximum atomic E-state index is 14.9. The molecule has 5 rings (SSSR count). The number of imidazole rings is 1. The lowest BCUT2D eigenvalue weighted by molar-refractivity contribution is -0.137. The zero-order valence-corrected chi connectivity index (χ0v) is 22.9. The molecule has 2 fully saturated rings. The zero-order chi connectivity index (χ0) is 28.6. The number of nitrogens with one attached hydrogen (secondary N) is 1. The molecule has 3 aromatic rings. The number of methoxy groups -OCH3 is 1. The Bertz CT molecular complexity index is 1450. The van der Waals surface area contributed by atoms with E-state index in [9.17, 15) is 22.8 Å². The molecule has 0 aliphatic carbocycles. The maximum Gasteiger partial charge on any atom is 0.255 e. The lowest BCUT2D eigenvalue weighted by Gasteiger charge is -2.37. The Labute approximate surface area is 234 Å². The molecule has 2 saturated heterocycles. The van der Waals surface area contributed by atoms with Crippen molar-refractivity contribution in [1.29, 1.82) is 0 Å². The molecule has 0 unspecified atom stereocenters. The molecule has 2 aliphatic rings. The number of aryl methyl sites for hydroxylation is 1. The van der Waals surface area contributed by atoms with E-state index < -0.39 is 23.2 Å². The molecule has 2 amide bonds. The first-order chi connectivity index (χ1) is 19.2. The van der Waals surface area contributed by atoms with Crippen molar-refractivity contribution in [2.45, 2.75) is 19.8 Å². The highest BCUT2D eigenvalue weighted by Gasteiger charge is 2.31. The molecule has 2 aliphatic heterocycles. The van der Waals surface area contributed by atoms with Crippen molar-refractivity contribution in [3.63, 3.8) is 0 Å². The van der Waals surface area contributed by atoms with Gasteiger partial charge in [-0.15, -0.1) is 0 Å². The highest BCUT2D eigenvalue weighted by molar-refractivity contribution is 6.34. The molecule has 0 bridgehead atoms. The van der Waals surface area contributed by atoms with Crippen molar-refractivity contribution in [3.8, 4) is 22.7 Å². The molecule has 1 N–H and O–H groups in total. The predicted octanol–water partition coefficient (Wildman–Crippen LogP) is 4.21. The van der Waals surface area contributed by atoms with E-state index in [1.807, 2.05) is 4.90 Å². The number of rotatable bonds is 5. The van der Waals surface area contributed by atoms with Gasteiger partial charge in [-0.05, 0) is 57.1 Å². The van der Waals surface area contributed by atoms with Crippen LogP contribution in [0.3, 0.4) is 0 Å². The third-order valence-electron chi connectivity index (χ3n) is 7.54. The van der Waals surface area contributed by atoms with Crippen LogP contribution >= 0.6 is 11.6 Å². The number of nitrogens with zero attached hydrogens (tertiary/aromatic N) is 4. The second kappa shape index (κ2) is 11.5. The average Bonchev–Trinajstić information content (AvgIpc) is 3.36. The monoisotopic (exact) mass is 575 g/mol. The van der Waals surface area contributed by atoms with Crippen molar-refractivity contribution in [1.82, 2.24) is 24.7 Å². The van der Waals surface area contributed by atoms with Crippen LogP contribution in [0, 0.1) is 30.3 Å². The molecule has 0 atom stereocenters. The Morgan fingerprint density at radius 1 is 1.02 bits per heavy atom. The fourth-order valence-corrected chi connectivity index (χ4v) is 5.61. The van der Waals surface area contributed by atoms with Gasteiger partial charge >= 0.3 is 0 Å². The molecule has 0 spiro atoms. The Morgan fingerprint density at radius 2 is 1.70 bits per heavy atom. The van der Waals surface area contributed by atoms with Gasteiger partial charge in [0.15, 0.2) is 17.4 Å². The third-order valence-corrected chi connectivity index (χ3v) is 7.86. The summed E-state index contributed by atoms with van der Waals surface area (Å²) in [6.45, 7) is 5.04. The fraction of sp³-hybridized carbons (Fsp3) is 0.393. The molecular weight excluding hydrogens is 547 g/mol. The molecule has 1 aromatic heterocycles. The summed E-state index contributed by atoms with van der Waals surface area (Å²) in [6, 6.07) is 5.54. The number of benzene rings is 2. The minimum atomic E-state index is -1.44. The number of aromatic nitrogens is 2. The summed E-state index contributed by atoms with van der Waals surface area (Å²) >= 11 is 6.55. The van der Waals surface area contributed by atoms with Crippen LogP contribution in [0.25, 0.3) is 16.9 Å². The van der Waals surface area contributed by atoms with Crippen LogP contribution in [-0.4, -0.2) is 77.5 Å². The van der Waals surface area contributed by atoms with Gasteiger partial charge in [-0.25, -0.2) is 13.8 Å². The summed E-state index contributed by atoms with van der Waals surface area (Å²) in [7, 11) is 1.05. The molecule has 12 heteroatoms. The summed E-state index contributed by atoms with van der Waals surface area (Å²) < 4.78 is 49.9. The minimum absolute atomic E-state index is 0.0291. The number of piperazine rings is 1. The SMILES string of the molecule is COc1c(F)cc(-c2cnc(C)n2-c2ccc(C(=O)N3CCN(C(=O)C4CCNCC4)CC3)c(Cl)c2)c(F)c1F. The van der Waals surface area contributed by atoms with E-state index in [4.69, 9.17) is 11.6 Å². The fourth-order valence-electron chi connectivity index (χ4n) is 5.36. The van der Waals surface area contributed by atoms with Crippen LogP contribution < -0.4 is 10.1 Å². The van der Waals surface area contributed by atoms with Gasteiger partial charge in [0.1, 0.15) is 5.82 Å². The minimum Gasteiger partial charge on any atom is -0.491 e. The van der Waals surface area contributed by atoms with Gasteiger partial charge in [-0.3, -0.25) is 14.2 Å².